The Bertz CT molecular complexity index is 164. The Balaban J connectivity index is 3.88. The molecule has 0 rings (SSSR count). The summed E-state index contributed by atoms with van der Waals surface area (Å²) in [5.41, 5.74) is 0. The summed E-state index contributed by atoms with van der Waals surface area (Å²) < 4.78 is -0.291. The molecule has 0 saturated carbocycles. The zero-order valence-corrected chi connectivity index (χ0v) is 9.19. The molecule has 0 aliphatic heterocycles. The van der Waals surface area contributed by atoms with Gasteiger partial charge in [-0.3, -0.25) is 9.93 Å². The van der Waals surface area contributed by atoms with E-state index in [1.165, 1.54) is 11.9 Å². The van der Waals surface area contributed by atoms with Crippen molar-refractivity contribution < 1.29 is 9.90 Å². The van der Waals surface area contributed by atoms with Gasteiger partial charge in [-0.1, -0.05) is 38.1 Å². The molecule has 78 valence electrons. The molecule has 3 nitrogen and oxygen atoms in total. The maximum Gasteiger partial charge on any atom is 0.304 e. The predicted octanol–water partition coefficient (Wildman–Crippen LogP) is 2.41. The Morgan fingerprint density at radius 2 is 2.15 bits per heavy atom. The molecule has 13 heavy (non-hydrogen) atoms. The van der Waals surface area contributed by atoms with Crippen LogP contribution in [0.3, 0.4) is 0 Å². The average Bonchev–Trinajstić information content (AvgIpc) is 2.04. The van der Waals surface area contributed by atoms with E-state index >= 15 is 0 Å². The van der Waals surface area contributed by atoms with E-state index in [1.807, 2.05) is 6.92 Å². The fraction of sp³-hybridized carbons (Fsp3) is 0.889. The van der Waals surface area contributed by atoms with Crippen LogP contribution in [-0.4, -0.2) is 15.8 Å². The highest BCUT2D eigenvalue weighted by Gasteiger charge is 2.26. The van der Waals surface area contributed by atoms with Gasteiger partial charge in [-0.05, 0) is 13.3 Å². The molecule has 0 aliphatic carbocycles. The van der Waals surface area contributed by atoms with Crippen molar-refractivity contribution in [3.05, 3.63) is 0 Å². The second-order valence-electron chi connectivity index (χ2n) is 3.60. The quantitative estimate of drug-likeness (QED) is 0.495. The SMILES string of the molecule is CCCCCC(C)(CC(=O)O)SN. The molecule has 0 aliphatic rings. The Hall–Kier alpha value is -0.220. The lowest BCUT2D eigenvalue weighted by molar-refractivity contribution is -0.137. The number of carboxylic acid groups (broad SMARTS) is 1. The first kappa shape index (κ1) is 12.8. The number of unbranched alkanes of at least 4 members (excludes halogenated alkanes) is 2. The van der Waals surface area contributed by atoms with Crippen LogP contribution in [0, 0.1) is 0 Å². The minimum atomic E-state index is -0.767. The second kappa shape index (κ2) is 6.27. The van der Waals surface area contributed by atoms with Crippen molar-refractivity contribution in [3.8, 4) is 0 Å². The molecule has 0 saturated heterocycles. The van der Waals surface area contributed by atoms with Crippen LogP contribution in [0.5, 0.6) is 0 Å². The second-order valence-corrected chi connectivity index (χ2v) is 4.82. The first-order valence-corrected chi connectivity index (χ1v) is 5.51. The van der Waals surface area contributed by atoms with Gasteiger partial charge < -0.3 is 5.11 Å². The maximum absolute atomic E-state index is 10.5. The number of hydrogen-bond donors (Lipinski definition) is 2. The van der Waals surface area contributed by atoms with E-state index in [0.29, 0.717) is 0 Å². The van der Waals surface area contributed by atoms with Gasteiger partial charge in [-0.2, -0.15) is 0 Å². The van der Waals surface area contributed by atoms with Crippen LogP contribution in [-0.2, 0) is 4.79 Å². The van der Waals surface area contributed by atoms with Gasteiger partial charge in [0.1, 0.15) is 0 Å². The van der Waals surface area contributed by atoms with Gasteiger partial charge in [0.25, 0.3) is 0 Å². The third-order valence-corrected chi connectivity index (χ3v) is 3.04. The summed E-state index contributed by atoms with van der Waals surface area (Å²) in [6, 6.07) is 0. The number of nitrogens with two attached hydrogens (primary N) is 1. The van der Waals surface area contributed by atoms with E-state index in [1.54, 1.807) is 0 Å². The summed E-state index contributed by atoms with van der Waals surface area (Å²) in [5, 5.41) is 14.2. The van der Waals surface area contributed by atoms with Crippen molar-refractivity contribution in [1.82, 2.24) is 0 Å². The molecule has 0 aromatic heterocycles. The van der Waals surface area contributed by atoms with Crippen LogP contribution in [0.4, 0.5) is 0 Å². The van der Waals surface area contributed by atoms with Crippen LogP contribution in [0.25, 0.3) is 0 Å². The molecular weight excluding hydrogens is 186 g/mol. The van der Waals surface area contributed by atoms with Crippen LogP contribution in [0.1, 0.15) is 46.0 Å². The smallest absolute Gasteiger partial charge is 0.304 e. The summed E-state index contributed by atoms with van der Waals surface area (Å²) >= 11 is 1.17. The molecule has 0 spiro atoms. The summed E-state index contributed by atoms with van der Waals surface area (Å²) in [5.74, 6) is -0.767. The van der Waals surface area contributed by atoms with E-state index in [4.69, 9.17) is 10.2 Å². The zero-order valence-electron chi connectivity index (χ0n) is 8.38. The lowest BCUT2D eigenvalue weighted by atomic mass is 9.99. The van der Waals surface area contributed by atoms with Crippen LogP contribution < -0.4 is 5.14 Å². The molecule has 0 heterocycles. The van der Waals surface area contributed by atoms with Gasteiger partial charge >= 0.3 is 5.97 Å². The molecule has 0 fully saturated rings. The van der Waals surface area contributed by atoms with Gasteiger partial charge in [0.2, 0.25) is 0 Å². The summed E-state index contributed by atoms with van der Waals surface area (Å²) in [4.78, 5) is 10.5. The first-order valence-electron chi connectivity index (χ1n) is 4.64. The number of rotatable bonds is 7. The maximum atomic E-state index is 10.5. The summed E-state index contributed by atoms with van der Waals surface area (Å²) in [6.07, 6.45) is 4.39. The molecule has 0 amide bonds. The molecular formula is C9H19NO2S. The lowest BCUT2D eigenvalue weighted by Gasteiger charge is -2.24. The standard InChI is InChI=1S/C9H19NO2S/c1-3-4-5-6-9(2,13-10)7-8(11)12/h3-7,10H2,1-2H3,(H,11,12). The van der Waals surface area contributed by atoms with Crippen molar-refractivity contribution in [2.75, 3.05) is 0 Å². The molecule has 4 heteroatoms. The third kappa shape index (κ3) is 5.93. The van der Waals surface area contributed by atoms with Crippen LogP contribution in [0.15, 0.2) is 0 Å². The minimum absolute atomic E-state index is 0.151. The fourth-order valence-corrected chi connectivity index (χ4v) is 1.73. The van der Waals surface area contributed by atoms with Crippen LogP contribution >= 0.6 is 11.9 Å². The van der Waals surface area contributed by atoms with E-state index < -0.39 is 5.97 Å². The van der Waals surface area contributed by atoms with E-state index in [9.17, 15) is 4.79 Å². The van der Waals surface area contributed by atoms with Crippen molar-refractivity contribution in [1.29, 1.82) is 0 Å². The number of hydrogen-bond acceptors (Lipinski definition) is 3. The van der Waals surface area contributed by atoms with Gasteiger partial charge in [0.15, 0.2) is 0 Å². The normalized spacial score (nSPS) is 15.3. The molecule has 0 aromatic rings. The van der Waals surface area contributed by atoms with Gasteiger partial charge in [-0.15, -0.1) is 0 Å². The topological polar surface area (TPSA) is 63.3 Å². The molecule has 1 unspecified atom stereocenters. The summed E-state index contributed by atoms with van der Waals surface area (Å²) in [7, 11) is 0. The highest BCUT2D eigenvalue weighted by molar-refractivity contribution is 7.98. The average molecular weight is 205 g/mol. The number of aliphatic carboxylic acids is 1. The van der Waals surface area contributed by atoms with Crippen molar-refractivity contribution in [2.45, 2.75) is 50.7 Å². The molecule has 1 atom stereocenters. The molecule has 3 N–H and O–H groups in total. The van der Waals surface area contributed by atoms with Crippen molar-refractivity contribution in [3.63, 3.8) is 0 Å². The lowest BCUT2D eigenvalue weighted by Crippen LogP contribution is -2.26. The molecule has 0 radical (unpaired) electrons. The predicted molar refractivity (Wildman–Crippen MR) is 56.6 cm³/mol. The third-order valence-electron chi connectivity index (χ3n) is 2.12. The highest BCUT2D eigenvalue weighted by atomic mass is 32.2. The van der Waals surface area contributed by atoms with Crippen molar-refractivity contribution in [2.24, 2.45) is 5.14 Å². The van der Waals surface area contributed by atoms with Gasteiger partial charge in [0.05, 0.1) is 6.42 Å². The zero-order chi connectivity index (χ0) is 10.3. The van der Waals surface area contributed by atoms with E-state index in [-0.39, 0.29) is 11.2 Å². The van der Waals surface area contributed by atoms with Crippen molar-refractivity contribution >= 4 is 17.9 Å². The Kier molecular flexibility index (Phi) is 6.16. The first-order chi connectivity index (χ1) is 6.04. The summed E-state index contributed by atoms with van der Waals surface area (Å²) in [6.45, 7) is 4.05. The minimum Gasteiger partial charge on any atom is -0.481 e. The van der Waals surface area contributed by atoms with Gasteiger partial charge in [0, 0.05) is 4.75 Å². The number of carboxylic acids is 1. The fourth-order valence-electron chi connectivity index (χ4n) is 1.26. The highest BCUT2D eigenvalue weighted by Crippen LogP contribution is 2.30. The van der Waals surface area contributed by atoms with Gasteiger partial charge in [-0.25, -0.2) is 0 Å². The van der Waals surface area contributed by atoms with E-state index in [0.717, 1.165) is 25.7 Å². The molecule has 0 bridgehead atoms. The monoisotopic (exact) mass is 205 g/mol. The Labute approximate surface area is 84.2 Å². The van der Waals surface area contributed by atoms with Crippen LogP contribution in [0.2, 0.25) is 0 Å². The van der Waals surface area contributed by atoms with E-state index in [2.05, 4.69) is 6.92 Å². The largest absolute Gasteiger partial charge is 0.481 e. The Morgan fingerprint density at radius 1 is 1.54 bits per heavy atom. The Morgan fingerprint density at radius 3 is 2.54 bits per heavy atom. The molecule has 0 aromatic carbocycles. The number of carbonyl (C=O) groups is 1.